The fourth-order valence-corrected chi connectivity index (χ4v) is 5.61. The molecule has 5 rings (SSSR count). The van der Waals surface area contributed by atoms with Gasteiger partial charge in [0.2, 0.25) is 12.7 Å². The highest BCUT2D eigenvalue weighted by Gasteiger charge is 2.50. The summed E-state index contributed by atoms with van der Waals surface area (Å²) in [6, 6.07) is 10.5. The molecule has 3 atom stereocenters. The Morgan fingerprint density at radius 3 is 2.88 bits per heavy atom. The lowest BCUT2D eigenvalue weighted by atomic mass is 9.66. The van der Waals surface area contributed by atoms with Crippen molar-refractivity contribution in [2.24, 2.45) is 5.92 Å². The highest BCUT2D eigenvalue weighted by molar-refractivity contribution is 5.92. The number of hydrogen-bond acceptors (Lipinski definition) is 6. The number of aromatic hydroxyl groups is 1. The Hall–Kier alpha value is -3.19. The molecule has 0 radical (unpaired) electrons. The third-order valence-electron chi connectivity index (χ3n) is 7.29. The lowest BCUT2D eigenvalue weighted by Crippen LogP contribution is -2.56. The molecule has 0 aromatic heterocycles. The summed E-state index contributed by atoms with van der Waals surface area (Å²) in [5.74, 6) is 1.66. The molecule has 1 saturated heterocycles. The van der Waals surface area contributed by atoms with E-state index < -0.39 is 5.60 Å². The maximum Gasteiger partial charge on any atom is 0.247 e. The van der Waals surface area contributed by atoms with Gasteiger partial charge in [-0.1, -0.05) is 25.0 Å². The van der Waals surface area contributed by atoms with E-state index in [-0.39, 0.29) is 30.4 Å². The molecule has 7 heteroatoms. The van der Waals surface area contributed by atoms with E-state index in [0.29, 0.717) is 36.8 Å². The molecule has 7 nitrogen and oxygen atoms in total. The topological polar surface area (TPSA) is 88.5 Å². The maximum atomic E-state index is 13.5. The zero-order valence-corrected chi connectivity index (χ0v) is 19.4. The number of phenolic OH excluding ortho intramolecular Hbond substituents is 1. The lowest BCUT2D eigenvalue weighted by molar-refractivity contribution is -0.150. The fraction of sp³-hybridized carbons (Fsp3) is 0.444. The van der Waals surface area contributed by atoms with Gasteiger partial charge in [-0.15, -0.1) is 0 Å². The Labute approximate surface area is 199 Å². The summed E-state index contributed by atoms with van der Waals surface area (Å²) in [7, 11) is 0. The van der Waals surface area contributed by atoms with Crippen molar-refractivity contribution in [3.05, 3.63) is 53.6 Å². The van der Waals surface area contributed by atoms with Crippen LogP contribution in [0.2, 0.25) is 0 Å². The van der Waals surface area contributed by atoms with Crippen LogP contribution in [0.5, 0.6) is 23.0 Å². The van der Waals surface area contributed by atoms with Gasteiger partial charge in [-0.25, -0.2) is 0 Å². The van der Waals surface area contributed by atoms with Crippen LogP contribution < -0.4 is 14.2 Å². The van der Waals surface area contributed by atoms with Crippen LogP contribution >= 0.6 is 0 Å². The number of piperidine rings is 1. The minimum Gasteiger partial charge on any atom is -0.504 e. The summed E-state index contributed by atoms with van der Waals surface area (Å²) in [4.78, 5) is 15.3. The molecule has 2 aromatic carbocycles. The molecule has 0 spiro atoms. The van der Waals surface area contributed by atoms with Crippen molar-refractivity contribution in [3.8, 4) is 23.0 Å². The van der Waals surface area contributed by atoms with Crippen LogP contribution in [0, 0.1) is 5.92 Å². The van der Waals surface area contributed by atoms with Crippen LogP contribution in [-0.2, 0) is 4.79 Å². The zero-order valence-electron chi connectivity index (χ0n) is 19.4. The number of fused-ring (bicyclic) bond motifs is 2. The van der Waals surface area contributed by atoms with Gasteiger partial charge < -0.3 is 29.3 Å². The first kappa shape index (κ1) is 22.6. The number of hydrogen-bond donors (Lipinski definition) is 2. The van der Waals surface area contributed by atoms with Gasteiger partial charge in [-0.05, 0) is 67.7 Å². The van der Waals surface area contributed by atoms with E-state index >= 15 is 0 Å². The predicted octanol–water partition coefficient (Wildman–Crippen LogP) is 4.43. The average Bonchev–Trinajstić information content (AvgIpc) is 3.31. The molecule has 180 valence electrons. The molecular formula is C27H31NO6. The highest BCUT2D eigenvalue weighted by atomic mass is 16.7. The van der Waals surface area contributed by atoms with Gasteiger partial charge in [-0.2, -0.15) is 0 Å². The van der Waals surface area contributed by atoms with E-state index in [1.807, 2.05) is 42.2 Å². The van der Waals surface area contributed by atoms with Gasteiger partial charge in [0.1, 0.15) is 0 Å². The summed E-state index contributed by atoms with van der Waals surface area (Å²) >= 11 is 0. The summed E-state index contributed by atoms with van der Waals surface area (Å²) < 4.78 is 16.4. The third-order valence-corrected chi connectivity index (χ3v) is 7.29. The molecule has 1 aliphatic carbocycles. The Kier molecular flexibility index (Phi) is 6.13. The minimum absolute atomic E-state index is 0.0703. The van der Waals surface area contributed by atoms with E-state index in [4.69, 9.17) is 14.2 Å². The number of phenols is 1. The number of carbonyl (C=O) groups excluding carboxylic acids is 1. The molecule has 34 heavy (non-hydrogen) atoms. The summed E-state index contributed by atoms with van der Waals surface area (Å²) in [5.41, 5.74) is 0.935. The highest BCUT2D eigenvalue weighted by Crippen LogP contribution is 2.50. The van der Waals surface area contributed by atoms with Crippen LogP contribution in [0.4, 0.5) is 0 Å². The van der Waals surface area contributed by atoms with Gasteiger partial charge >= 0.3 is 0 Å². The number of aliphatic hydroxyl groups is 1. The number of carbonyl (C=O) groups is 1. The van der Waals surface area contributed by atoms with Crippen molar-refractivity contribution in [1.29, 1.82) is 0 Å². The van der Waals surface area contributed by atoms with Crippen LogP contribution in [-0.4, -0.2) is 46.6 Å². The standard InChI is InChI=1S/C27H31NO6/c1-2-32-23-16-19(8-9-21(23)29)26-20-5-3-4-12-27(20,31)13-14-28(26)25(30)11-7-18-6-10-22-24(15-18)34-17-33-22/h6-11,15-16,20,26,29,31H,2-5,12-14,17H2,1H3/b11-7+/t20-,26+,27-/m0/s1. The number of rotatable bonds is 5. The number of nitrogens with zero attached hydrogens (tertiary/aromatic N) is 1. The number of amides is 1. The first-order chi connectivity index (χ1) is 16.5. The van der Waals surface area contributed by atoms with Gasteiger partial charge in [0.05, 0.1) is 18.2 Å². The smallest absolute Gasteiger partial charge is 0.247 e. The van der Waals surface area contributed by atoms with Gasteiger partial charge in [-0.3, -0.25) is 4.79 Å². The summed E-state index contributed by atoms with van der Waals surface area (Å²) in [5, 5.41) is 21.7. The molecule has 3 aliphatic rings. The largest absolute Gasteiger partial charge is 0.504 e. The van der Waals surface area contributed by atoms with Gasteiger partial charge in [0, 0.05) is 18.5 Å². The fourth-order valence-electron chi connectivity index (χ4n) is 5.61. The lowest BCUT2D eigenvalue weighted by Gasteiger charge is -2.52. The second-order valence-electron chi connectivity index (χ2n) is 9.29. The van der Waals surface area contributed by atoms with E-state index in [2.05, 4.69) is 0 Å². The Balaban J connectivity index is 1.46. The number of likely N-dealkylation sites (tertiary alicyclic amines) is 1. The average molecular weight is 466 g/mol. The number of benzene rings is 2. The predicted molar refractivity (Wildman–Crippen MR) is 127 cm³/mol. The second-order valence-corrected chi connectivity index (χ2v) is 9.29. The quantitative estimate of drug-likeness (QED) is 0.636. The molecule has 2 fully saturated rings. The monoisotopic (exact) mass is 465 g/mol. The van der Waals surface area contributed by atoms with Crippen molar-refractivity contribution < 1.29 is 29.2 Å². The van der Waals surface area contributed by atoms with Gasteiger partial charge in [0.25, 0.3) is 0 Å². The van der Waals surface area contributed by atoms with Crippen LogP contribution in [0.3, 0.4) is 0 Å². The summed E-state index contributed by atoms with van der Waals surface area (Å²) in [6.45, 7) is 2.96. The molecule has 2 heterocycles. The Morgan fingerprint density at radius 1 is 1.18 bits per heavy atom. The van der Waals surface area contributed by atoms with Crippen LogP contribution in [0.15, 0.2) is 42.5 Å². The maximum absolute atomic E-state index is 13.5. The normalized spacial score (nSPS) is 25.9. The zero-order chi connectivity index (χ0) is 23.7. The van der Waals surface area contributed by atoms with Gasteiger partial charge in [0.15, 0.2) is 23.0 Å². The molecule has 0 bridgehead atoms. The van der Waals surface area contributed by atoms with E-state index in [1.54, 1.807) is 18.2 Å². The number of ether oxygens (including phenoxy) is 3. The van der Waals surface area contributed by atoms with Crippen molar-refractivity contribution >= 4 is 12.0 Å². The molecule has 0 unspecified atom stereocenters. The van der Waals surface area contributed by atoms with Crippen LogP contribution in [0.1, 0.15) is 56.2 Å². The molecule has 2 N–H and O–H groups in total. The molecular weight excluding hydrogens is 434 g/mol. The molecule has 2 aromatic rings. The van der Waals surface area contributed by atoms with Crippen LogP contribution in [0.25, 0.3) is 6.08 Å². The Bertz CT molecular complexity index is 1100. The Morgan fingerprint density at radius 2 is 2.03 bits per heavy atom. The second kappa shape index (κ2) is 9.22. The molecule has 2 aliphatic heterocycles. The first-order valence-corrected chi connectivity index (χ1v) is 12.0. The molecule has 1 amide bonds. The van der Waals surface area contributed by atoms with E-state index in [0.717, 1.165) is 36.8 Å². The van der Waals surface area contributed by atoms with Crippen molar-refractivity contribution in [1.82, 2.24) is 4.90 Å². The SMILES string of the molecule is CCOc1cc([C@@H]2[C@@H]3CCCC[C@]3(O)CCN2C(=O)/C=C/c2ccc3c(c2)OCO3)ccc1O. The summed E-state index contributed by atoms with van der Waals surface area (Å²) in [6.07, 6.45) is 7.55. The van der Waals surface area contributed by atoms with E-state index in [1.165, 1.54) is 0 Å². The third kappa shape index (κ3) is 4.20. The minimum atomic E-state index is -0.787. The van der Waals surface area contributed by atoms with Crippen molar-refractivity contribution in [2.45, 2.75) is 50.7 Å². The van der Waals surface area contributed by atoms with Crippen molar-refractivity contribution in [2.75, 3.05) is 19.9 Å². The first-order valence-electron chi connectivity index (χ1n) is 12.0. The van der Waals surface area contributed by atoms with Crippen molar-refractivity contribution in [3.63, 3.8) is 0 Å². The molecule has 1 saturated carbocycles. The van der Waals surface area contributed by atoms with E-state index in [9.17, 15) is 15.0 Å².